The second kappa shape index (κ2) is 9.81. The molecule has 2 aromatic rings. The van der Waals surface area contributed by atoms with Crippen molar-refractivity contribution in [2.75, 3.05) is 11.9 Å². The van der Waals surface area contributed by atoms with Crippen molar-refractivity contribution in [2.24, 2.45) is 5.10 Å². The van der Waals surface area contributed by atoms with E-state index in [1.807, 2.05) is 0 Å². The lowest BCUT2D eigenvalue weighted by Crippen LogP contribution is -2.21. The molecule has 0 fully saturated rings. The molecule has 1 heterocycles. The third kappa shape index (κ3) is 6.35. The smallest absolute Gasteiger partial charge is 0.338 e. The fourth-order valence-electron chi connectivity index (χ4n) is 2.09. The summed E-state index contributed by atoms with van der Waals surface area (Å²) in [7, 11) is 0. The molecule has 0 atom stereocenters. The molecular weight excluding hydrogens is 348 g/mol. The first-order valence-electron chi connectivity index (χ1n) is 8.30. The molecular formula is C19H20N4O4. The lowest BCUT2D eigenvalue weighted by atomic mass is 10.2. The minimum atomic E-state index is -0.414. The van der Waals surface area contributed by atoms with Gasteiger partial charge in [0.1, 0.15) is 0 Å². The van der Waals surface area contributed by atoms with Gasteiger partial charge in [0.15, 0.2) is 0 Å². The molecule has 27 heavy (non-hydrogen) atoms. The molecule has 8 nitrogen and oxygen atoms in total. The number of esters is 1. The molecule has 2 N–H and O–H groups in total. The number of amides is 2. The summed E-state index contributed by atoms with van der Waals surface area (Å²) in [5, 5.41) is 6.60. The molecule has 0 aliphatic rings. The molecule has 0 aliphatic carbocycles. The molecule has 0 aliphatic heterocycles. The zero-order valence-electron chi connectivity index (χ0n) is 15.1. The van der Waals surface area contributed by atoms with Gasteiger partial charge in [0.2, 0.25) is 5.91 Å². The highest BCUT2D eigenvalue weighted by Crippen LogP contribution is 2.11. The zero-order chi connectivity index (χ0) is 19.6. The Kier molecular flexibility index (Phi) is 7.18. The molecule has 1 aromatic carbocycles. The average Bonchev–Trinajstić information content (AvgIpc) is 2.67. The van der Waals surface area contributed by atoms with Gasteiger partial charge in [-0.05, 0) is 50.2 Å². The minimum Gasteiger partial charge on any atom is -0.462 e. The van der Waals surface area contributed by atoms with Crippen molar-refractivity contribution in [3.63, 3.8) is 0 Å². The number of pyridine rings is 1. The SMILES string of the molecule is CCOC(=O)c1ccc(NC(=O)CC(C)=NNC(=O)c2cccnc2)cc1. The fourth-order valence-corrected chi connectivity index (χ4v) is 2.09. The van der Waals surface area contributed by atoms with Gasteiger partial charge in [0, 0.05) is 23.8 Å². The lowest BCUT2D eigenvalue weighted by Gasteiger charge is -2.07. The van der Waals surface area contributed by atoms with E-state index >= 15 is 0 Å². The maximum absolute atomic E-state index is 12.1. The summed E-state index contributed by atoms with van der Waals surface area (Å²) >= 11 is 0. The van der Waals surface area contributed by atoms with Crippen LogP contribution in [0.1, 0.15) is 41.0 Å². The van der Waals surface area contributed by atoms with E-state index in [4.69, 9.17) is 4.74 Å². The van der Waals surface area contributed by atoms with Crippen LogP contribution in [0, 0.1) is 0 Å². The van der Waals surface area contributed by atoms with Crippen LogP contribution in [0.2, 0.25) is 0 Å². The first-order chi connectivity index (χ1) is 13.0. The molecule has 0 radical (unpaired) electrons. The van der Waals surface area contributed by atoms with Gasteiger partial charge >= 0.3 is 5.97 Å². The Morgan fingerprint density at radius 2 is 1.85 bits per heavy atom. The van der Waals surface area contributed by atoms with Crippen LogP contribution in [-0.2, 0) is 9.53 Å². The number of hydrogen-bond acceptors (Lipinski definition) is 6. The number of ether oxygens (including phenoxy) is 1. The first-order valence-corrected chi connectivity index (χ1v) is 8.30. The molecule has 0 saturated heterocycles. The topological polar surface area (TPSA) is 110 Å². The van der Waals surface area contributed by atoms with Gasteiger partial charge in [-0.3, -0.25) is 14.6 Å². The quantitative estimate of drug-likeness (QED) is 0.443. The standard InChI is InChI=1S/C19H20N4O4/c1-3-27-19(26)14-6-8-16(9-7-14)21-17(24)11-13(2)22-23-18(25)15-5-4-10-20-12-15/h4-10,12H,3,11H2,1-2H3,(H,21,24)(H,23,25). The highest BCUT2D eigenvalue weighted by molar-refractivity contribution is 6.06. The van der Waals surface area contributed by atoms with Crippen LogP contribution in [0.5, 0.6) is 0 Å². The van der Waals surface area contributed by atoms with Crippen LogP contribution in [0.15, 0.2) is 53.9 Å². The minimum absolute atomic E-state index is 0.00689. The third-order valence-corrected chi connectivity index (χ3v) is 3.37. The highest BCUT2D eigenvalue weighted by atomic mass is 16.5. The van der Waals surface area contributed by atoms with Crippen molar-refractivity contribution in [2.45, 2.75) is 20.3 Å². The Morgan fingerprint density at radius 1 is 1.11 bits per heavy atom. The van der Waals surface area contributed by atoms with Crippen molar-refractivity contribution in [1.29, 1.82) is 0 Å². The van der Waals surface area contributed by atoms with E-state index in [0.29, 0.717) is 29.1 Å². The maximum atomic E-state index is 12.1. The number of nitrogens with one attached hydrogen (secondary N) is 2. The molecule has 2 amide bonds. The Hall–Kier alpha value is -3.55. The molecule has 140 valence electrons. The van der Waals surface area contributed by atoms with Crippen LogP contribution in [-0.4, -0.2) is 35.1 Å². The molecule has 1 aromatic heterocycles. The van der Waals surface area contributed by atoms with E-state index in [1.54, 1.807) is 56.4 Å². The van der Waals surface area contributed by atoms with Gasteiger partial charge < -0.3 is 10.1 Å². The second-order valence-electron chi connectivity index (χ2n) is 5.55. The fraction of sp³-hybridized carbons (Fsp3) is 0.211. The van der Waals surface area contributed by atoms with Crippen LogP contribution in [0.4, 0.5) is 5.69 Å². The Bertz CT molecular complexity index is 833. The number of carbonyl (C=O) groups excluding carboxylic acids is 3. The summed E-state index contributed by atoms with van der Waals surface area (Å²) in [6.07, 6.45) is 2.99. The van der Waals surface area contributed by atoms with Crippen molar-refractivity contribution >= 4 is 29.2 Å². The number of carbonyl (C=O) groups is 3. The normalized spacial score (nSPS) is 10.8. The third-order valence-electron chi connectivity index (χ3n) is 3.37. The van der Waals surface area contributed by atoms with E-state index in [2.05, 4.69) is 20.8 Å². The summed E-state index contributed by atoms with van der Waals surface area (Å²) in [6, 6.07) is 9.62. The predicted octanol–water partition coefficient (Wildman–Crippen LogP) is 2.39. The Labute approximate surface area is 156 Å². The summed E-state index contributed by atoms with van der Waals surface area (Å²) in [5.41, 5.74) is 4.14. The van der Waals surface area contributed by atoms with Crippen molar-refractivity contribution < 1.29 is 19.1 Å². The van der Waals surface area contributed by atoms with Gasteiger partial charge in [-0.1, -0.05) is 0 Å². The highest BCUT2D eigenvalue weighted by Gasteiger charge is 2.09. The van der Waals surface area contributed by atoms with Gasteiger partial charge in [-0.15, -0.1) is 0 Å². The van der Waals surface area contributed by atoms with E-state index < -0.39 is 11.9 Å². The molecule has 8 heteroatoms. The lowest BCUT2D eigenvalue weighted by molar-refractivity contribution is -0.115. The summed E-state index contributed by atoms with van der Waals surface area (Å²) in [5.74, 6) is -1.11. The Balaban J connectivity index is 1.85. The number of hydrazone groups is 1. The van der Waals surface area contributed by atoms with Crippen molar-refractivity contribution in [3.8, 4) is 0 Å². The van der Waals surface area contributed by atoms with E-state index in [-0.39, 0.29) is 12.3 Å². The molecule has 0 spiro atoms. The van der Waals surface area contributed by atoms with Gasteiger partial charge in [-0.25, -0.2) is 10.2 Å². The number of anilines is 1. The number of aromatic nitrogens is 1. The second-order valence-corrected chi connectivity index (χ2v) is 5.55. The average molecular weight is 368 g/mol. The van der Waals surface area contributed by atoms with Gasteiger partial charge in [0.25, 0.3) is 5.91 Å². The monoisotopic (exact) mass is 368 g/mol. The summed E-state index contributed by atoms with van der Waals surface area (Å²) in [4.78, 5) is 39.4. The predicted molar refractivity (Wildman–Crippen MR) is 100 cm³/mol. The van der Waals surface area contributed by atoms with Crippen LogP contribution in [0.3, 0.4) is 0 Å². The first kappa shape index (κ1) is 19.8. The van der Waals surface area contributed by atoms with Gasteiger partial charge in [-0.2, -0.15) is 5.10 Å². The van der Waals surface area contributed by atoms with Crippen molar-refractivity contribution in [1.82, 2.24) is 10.4 Å². The summed E-state index contributed by atoms with van der Waals surface area (Å²) in [6.45, 7) is 3.66. The number of rotatable bonds is 7. The van der Waals surface area contributed by atoms with Crippen LogP contribution >= 0.6 is 0 Å². The largest absolute Gasteiger partial charge is 0.462 e. The molecule has 0 bridgehead atoms. The van der Waals surface area contributed by atoms with Crippen LogP contribution in [0.25, 0.3) is 0 Å². The molecule has 0 unspecified atom stereocenters. The van der Waals surface area contributed by atoms with Crippen LogP contribution < -0.4 is 10.7 Å². The molecule has 0 saturated carbocycles. The maximum Gasteiger partial charge on any atom is 0.338 e. The van der Waals surface area contributed by atoms with E-state index in [9.17, 15) is 14.4 Å². The number of benzene rings is 1. The van der Waals surface area contributed by atoms with E-state index in [1.165, 1.54) is 6.20 Å². The van der Waals surface area contributed by atoms with Gasteiger partial charge in [0.05, 0.1) is 24.2 Å². The molecule has 2 rings (SSSR count). The number of nitrogens with zero attached hydrogens (tertiary/aromatic N) is 2. The summed E-state index contributed by atoms with van der Waals surface area (Å²) < 4.78 is 4.90. The van der Waals surface area contributed by atoms with E-state index in [0.717, 1.165) is 0 Å². The number of hydrogen-bond donors (Lipinski definition) is 2. The Morgan fingerprint density at radius 3 is 2.48 bits per heavy atom. The zero-order valence-corrected chi connectivity index (χ0v) is 15.1. The van der Waals surface area contributed by atoms with Crippen molar-refractivity contribution in [3.05, 3.63) is 59.9 Å².